The SMILES string of the molecule is C=CCC(=O)NCCc1cccc2ccc(N)cc12. The quantitative estimate of drug-likeness (QED) is 0.636. The lowest BCUT2D eigenvalue weighted by atomic mass is 10.0. The molecule has 0 unspecified atom stereocenters. The number of nitrogens with one attached hydrogen (secondary N) is 1. The number of amides is 1. The zero-order chi connectivity index (χ0) is 13.7. The first kappa shape index (κ1) is 13.1. The number of rotatable bonds is 5. The molecule has 98 valence electrons. The molecule has 0 saturated heterocycles. The zero-order valence-electron chi connectivity index (χ0n) is 10.9. The minimum Gasteiger partial charge on any atom is -0.399 e. The van der Waals surface area contributed by atoms with Gasteiger partial charge in [-0.25, -0.2) is 0 Å². The zero-order valence-corrected chi connectivity index (χ0v) is 10.9. The molecular weight excluding hydrogens is 236 g/mol. The molecule has 2 aromatic carbocycles. The highest BCUT2D eigenvalue weighted by atomic mass is 16.1. The van der Waals surface area contributed by atoms with Gasteiger partial charge in [0.15, 0.2) is 0 Å². The highest BCUT2D eigenvalue weighted by Crippen LogP contribution is 2.21. The van der Waals surface area contributed by atoms with Crippen molar-refractivity contribution in [2.24, 2.45) is 0 Å². The van der Waals surface area contributed by atoms with E-state index in [4.69, 9.17) is 5.73 Å². The molecule has 0 aliphatic carbocycles. The molecule has 0 aromatic heterocycles. The fourth-order valence-corrected chi connectivity index (χ4v) is 2.11. The maximum absolute atomic E-state index is 11.3. The maximum atomic E-state index is 11.3. The first-order valence-corrected chi connectivity index (χ1v) is 6.35. The molecule has 0 fully saturated rings. The van der Waals surface area contributed by atoms with Crippen LogP contribution in [0.3, 0.4) is 0 Å². The van der Waals surface area contributed by atoms with Gasteiger partial charge in [-0.15, -0.1) is 6.58 Å². The van der Waals surface area contributed by atoms with E-state index in [-0.39, 0.29) is 5.91 Å². The summed E-state index contributed by atoms with van der Waals surface area (Å²) in [6.07, 6.45) is 2.76. The van der Waals surface area contributed by atoms with Crippen molar-refractivity contribution < 1.29 is 4.79 Å². The van der Waals surface area contributed by atoms with Crippen LogP contribution in [0.2, 0.25) is 0 Å². The van der Waals surface area contributed by atoms with Gasteiger partial charge < -0.3 is 11.1 Å². The number of anilines is 1. The third kappa shape index (κ3) is 3.35. The van der Waals surface area contributed by atoms with Gasteiger partial charge >= 0.3 is 0 Å². The van der Waals surface area contributed by atoms with Crippen LogP contribution in [0.4, 0.5) is 5.69 Å². The molecule has 0 bridgehead atoms. The van der Waals surface area contributed by atoms with Crippen molar-refractivity contribution in [2.45, 2.75) is 12.8 Å². The molecule has 0 saturated carbocycles. The van der Waals surface area contributed by atoms with E-state index in [1.165, 1.54) is 10.9 Å². The Hall–Kier alpha value is -2.29. The fraction of sp³-hybridized carbons (Fsp3) is 0.188. The molecule has 2 rings (SSSR count). The van der Waals surface area contributed by atoms with Gasteiger partial charge in [0.05, 0.1) is 0 Å². The number of hydrogen-bond donors (Lipinski definition) is 2. The number of hydrogen-bond acceptors (Lipinski definition) is 2. The van der Waals surface area contributed by atoms with Crippen molar-refractivity contribution in [3.05, 3.63) is 54.6 Å². The molecule has 0 aliphatic heterocycles. The summed E-state index contributed by atoms with van der Waals surface area (Å²) < 4.78 is 0. The Bertz CT molecular complexity index is 605. The van der Waals surface area contributed by atoms with Gasteiger partial charge in [0.2, 0.25) is 5.91 Å². The average molecular weight is 254 g/mol. The summed E-state index contributed by atoms with van der Waals surface area (Å²) in [6.45, 7) is 4.17. The van der Waals surface area contributed by atoms with Gasteiger partial charge in [-0.2, -0.15) is 0 Å². The standard InChI is InChI=1S/C16H18N2O/c1-2-4-16(19)18-10-9-13-6-3-5-12-7-8-14(17)11-15(12)13/h2-3,5-8,11H,1,4,9-10,17H2,(H,18,19). The summed E-state index contributed by atoms with van der Waals surface area (Å²) in [6, 6.07) is 12.1. The molecule has 2 aromatic rings. The van der Waals surface area contributed by atoms with Crippen LogP contribution in [-0.2, 0) is 11.2 Å². The van der Waals surface area contributed by atoms with Gasteiger partial charge in [-0.05, 0) is 34.9 Å². The third-order valence-corrected chi connectivity index (χ3v) is 3.04. The molecule has 3 N–H and O–H groups in total. The molecule has 0 heterocycles. The smallest absolute Gasteiger partial charge is 0.223 e. The van der Waals surface area contributed by atoms with E-state index in [1.807, 2.05) is 24.3 Å². The monoisotopic (exact) mass is 254 g/mol. The van der Waals surface area contributed by atoms with Crippen LogP contribution in [0.5, 0.6) is 0 Å². The summed E-state index contributed by atoms with van der Waals surface area (Å²) in [5.74, 6) is 0.00903. The number of carbonyl (C=O) groups is 1. The molecule has 1 amide bonds. The van der Waals surface area contributed by atoms with E-state index in [1.54, 1.807) is 6.08 Å². The van der Waals surface area contributed by atoms with Crippen molar-refractivity contribution >= 4 is 22.4 Å². The number of fused-ring (bicyclic) bond motifs is 1. The second-order valence-electron chi connectivity index (χ2n) is 4.49. The Morgan fingerprint density at radius 2 is 2.16 bits per heavy atom. The van der Waals surface area contributed by atoms with E-state index in [0.29, 0.717) is 13.0 Å². The second-order valence-corrected chi connectivity index (χ2v) is 4.49. The predicted molar refractivity (Wildman–Crippen MR) is 79.9 cm³/mol. The summed E-state index contributed by atoms with van der Waals surface area (Å²) in [5.41, 5.74) is 7.79. The molecule has 3 nitrogen and oxygen atoms in total. The number of benzene rings is 2. The lowest BCUT2D eigenvalue weighted by Gasteiger charge is -2.08. The van der Waals surface area contributed by atoms with E-state index in [0.717, 1.165) is 17.5 Å². The van der Waals surface area contributed by atoms with E-state index >= 15 is 0 Å². The average Bonchev–Trinajstić information content (AvgIpc) is 2.39. The number of nitrogen functional groups attached to an aromatic ring is 1. The molecule has 0 spiro atoms. The van der Waals surface area contributed by atoms with Crippen LogP contribution < -0.4 is 11.1 Å². The fourth-order valence-electron chi connectivity index (χ4n) is 2.11. The van der Waals surface area contributed by atoms with Gasteiger partial charge in [0, 0.05) is 18.7 Å². The first-order chi connectivity index (χ1) is 9.20. The Kier molecular flexibility index (Phi) is 4.18. The van der Waals surface area contributed by atoms with Crippen LogP contribution in [0.1, 0.15) is 12.0 Å². The molecule has 0 radical (unpaired) electrons. The Balaban J connectivity index is 2.10. The molecule has 19 heavy (non-hydrogen) atoms. The highest BCUT2D eigenvalue weighted by Gasteiger charge is 2.02. The Morgan fingerprint density at radius 1 is 1.32 bits per heavy atom. The molecule has 0 aliphatic rings. The van der Waals surface area contributed by atoms with Crippen molar-refractivity contribution in [3.8, 4) is 0 Å². The van der Waals surface area contributed by atoms with Crippen molar-refractivity contribution in [1.29, 1.82) is 0 Å². The summed E-state index contributed by atoms with van der Waals surface area (Å²) in [7, 11) is 0. The maximum Gasteiger partial charge on any atom is 0.223 e. The Labute approximate surface area is 113 Å². The largest absolute Gasteiger partial charge is 0.399 e. The van der Waals surface area contributed by atoms with Gasteiger partial charge in [-0.1, -0.05) is 30.3 Å². The Morgan fingerprint density at radius 3 is 2.95 bits per heavy atom. The predicted octanol–water partition coefficient (Wildman–Crippen LogP) is 2.66. The van der Waals surface area contributed by atoms with Crippen LogP contribution >= 0.6 is 0 Å². The van der Waals surface area contributed by atoms with Crippen LogP contribution in [-0.4, -0.2) is 12.5 Å². The van der Waals surface area contributed by atoms with Gasteiger partial charge in [0.25, 0.3) is 0 Å². The van der Waals surface area contributed by atoms with Crippen molar-refractivity contribution in [1.82, 2.24) is 5.32 Å². The van der Waals surface area contributed by atoms with Gasteiger partial charge in [-0.3, -0.25) is 4.79 Å². The minimum atomic E-state index is 0.00903. The normalized spacial score (nSPS) is 10.3. The van der Waals surface area contributed by atoms with Gasteiger partial charge in [0.1, 0.15) is 0 Å². The van der Waals surface area contributed by atoms with Crippen LogP contribution in [0.25, 0.3) is 10.8 Å². The van der Waals surface area contributed by atoms with E-state index in [2.05, 4.69) is 24.0 Å². The number of carbonyl (C=O) groups excluding carboxylic acids is 1. The highest BCUT2D eigenvalue weighted by molar-refractivity contribution is 5.88. The molecule has 3 heteroatoms. The minimum absolute atomic E-state index is 0.00903. The molecule has 0 atom stereocenters. The second kappa shape index (κ2) is 6.05. The van der Waals surface area contributed by atoms with E-state index in [9.17, 15) is 4.79 Å². The van der Waals surface area contributed by atoms with Crippen LogP contribution in [0, 0.1) is 0 Å². The lowest BCUT2D eigenvalue weighted by Crippen LogP contribution is -2.24. The lowest BCUT2D eigenvalue weighted by molar-refractivity contribution is -0.120. The van der Waals surface area contributed by atoms with Crippen molar-refractivity contribution in [3.63, 3.8) is 0 Å². The van der Waals surface area contributed by atoms with Crippen LogP contribution in [0.15, 0.2) is 49.1 Å². The number of nitrogens with two attached hydrogens (primary N) is 1. The topological polar surface area (TPSA) is 55.1 Å². The first-order valence-electron chi connectivity index (χ1n) is 6.35. The van der Waals surface area contributed by atoms with E-state index < -0.39 is 0 Å². The van der Waals surface area contributed by atoms with Crippen molar-refractivity contribution in [2.75, 3.05) is 12.3 Å². The summed E-state index contributed by atoms with van der Waals surface area (Å²) >= 11 is 0. The molecular formula is C16H18N2O. The third-order valence-electron chi connectivity index (χ3n) is 3.04. The summed E-state index contributed by atoms with van der Waals surface area (Å²) in [5, 5.41) is 5.19. The summed E-state index contributed by atoms with van der Waals surface area (Å²) in [4.78, 5) is 11.3.